The fourth-order valence-corrected chi connectivity index (χ4v) is 5.39. The van der Waals surface area contributed by atoms with E-state index in [0.29, 0.717) is 25.0 Å². The molecule has 1 amide bonds. The molecule has 4 atom stereocenters. The number of aliphatic carboxylic acids is 1. The summed E-state index contributed by atoms with van der Waals surface area (Å²) in [6.07, 6.45) is 3.34. The van der Waals surface area contributed by atoms with Crippen LogP contribution in [-0.2, 0) is 25.5 Å². The van der Waals surface area contributed by atoms with E-state index in [1.165, 1.54) is 16.7 Å². The summed E-state index contributed by atoms with van der Waals surface area (Å²) in [7, 11) is 0. The molecule has 0 aromatic heterocycles. The van der Waals surface area contributed by atoms with Gasteiger partial charge in [-0.1, -0.05) is 30.3 Å². The van der Waals surface area contributed by atoms with Crippen LogP contribution in [0.15, 0.2) is 30.3 Å². The molecule has 2 saturated heterocycles. The third-order valence-electron chi connectivity index (χ3n) is 5.41. The van der Waals surface area contributed by atoms with Crippen molar-refractivity contribution in [3.8, 4) is 0 Å². The van der Waals surface area contributed by atoms with E-state index in [9.17, 15) is 19.5 Å². The van der Waals surface area contributed by atoms with Crippen molar-refractivity contribution in [2.45, 2.75) is 62.5 Å². The molecular formula is C21H29ClN2O5S. The Morgan fingerprint density at radius 3 is 2.70 bits per heavy atom. The van der Waals surface area contributed by atoms with Gasteiger partial charge in [0, 0.05) is 5.75 Å². The summed E-state index contributed by atoms with van der Waals surface area (Å²) >= 11 is 1.53. The minimum absolute atomic E-state index is 0. The van der Waals surface area contributed by atoms with E-state index in [4.69, 9.17) is 4.74 Å². The van der Waals surface area contributed by atoms with Gasteiger partial charge in [-0.05, 0) is 44.6 Å². The van der Waals surface area contributed by atoms with Gasteiger partial charge in [-0.3, -0.25) is 14.9 Å². The Kier molecular flexibility index (Phi) is 9.45. The maximum atomic E-state index is 13.2. The van der Waals surface area contributed by atoms with Crippen LogP contribution >= 0.6 is 24.2 Å². The number of rotatable bonds is 8. The number of amides is 1. The van der Waals surface area contributed by atoms with E-state index in [2.05, 4.69) is 5.32 Å². The number of nitrogens with zero attached hydrogens (tertiary/aromatic N) is 1. The highest BCUT2D eigenvalue weighted by Gasteiger charge is 2.45. The van der Waals surface area contributed by atoms with Crippen LogP contribution in [0.25, 0.3) is 0 Å². The lowest BCUT2D eigenvalue weighted by atomic mass is 10.0. The first kappa shape index (κ1) is 24.5. The van der Waals surface area contributed by atoms with Gasteiger partial charge < -0.3 is 14.7 Å². The zero-order valence-corrected chi connectivity index (χ0v) is 18.6. The predicted octanol–water partition coefficient (Wildman–Crippen LogP) is 2.47. The van der Waals surface area contributed by atoms with E-state index < -0.39 is 24.1 Å². The molecule has 9 heteroatoms. The van der Waals surface area contributed by atoms with Crippen molar-refractivity contribution in [1.82, 2.24) is 10.2 Å². The van der Waals surface area contributed by atoms with Gasteiger partial charge in [-0.15, -0.1) is 24.2 Å². The molecule has 0 spiro atoms. The fraction of sp³-hybridized carbons (Fsp3) is 0.571. The summed E-state index contributed by atoms with van der Waals surface area (Å²) in [6.45, 7) is 2.03. The Bertz CT molecular complexity index is 735. The number of carboxylic acid groups (broad SMARTS) is 1. The number of hydrogen-bond donors (Lipinski definition) is 2. The van der Waals surface area contributed by atoms with Crippen LogP contribution in [-0.4, -0.2) is 63.7 Å². The van der Waals surface area contributed by atoms with Crippen molar-refractivity contribution in [2.24, 2.45) is 0 Å². The molecule has 2 N–H and O–H groups in total. The second-order valence-electron chi connectivity index (χ2n) is 7.37. The molecule has 2 fully saturated rings. The minimum Gasteiger partial charge on any atom is -0.480 e. The lowest BCUT2D eigenvalue weighted by molar-refractivity contribution is -0.151. The van der Waals surface area contributed by atoms with Gasteiger partial charge in [-0.25, -0.2) is 4.79 Å². The average Bonchev–Trinajstić information content (AvgIpc) is 3.08. The first-order valence-electron chi connectivity index (χ1n) is 10.1. The lowest BCUT2D eigenvalue weighted by Crippen LogP contribution is -2.55. The van der Waals surface area contributed by atoms with Gasteiger partial charge in [0.15, 0.2) is 0 Å². The molecule has 2 aliphatic heterocycles. The summed E-state index contributed by atoms with van der Waals surface area (Å²) in [6, 6.07) is 7.86. The molecule has 166 valence electrons. The highest BCUT2D eigenvalue weighted by atomic mass is 35.5. The zero-order valence-electron chi connectivity index (χ0n) is 17.0. The van der Waals surface area contributed by atoms with E-state index in [0.717, 1.165) is 18.4 Å². The number of carbonyl (C=O) groups excluding carboxylic acids is 2. The first-order chi connectivity index (χ1) is 14.0. The normalized spacial score (nSPS) is 24.4. The topological polar surface area (TPSA) is 95.9 Å². The van der Waals surface area contributed by atoms with Crippen LogP contribution < -0.4 is 5.32 Å². The molecule has 1 aromatic rings. The summed E-state index contributed by atoms with van der Waals surface area (Å²) in [4.78, 5) is 38.8. The highest BCUT2D eigenvalue weighted by molar-refractivity contribution is 8.00. The van der Waals surface area contributed by atoms with Crippen molar-refractivity contribution in [1.29, 1.82) is 0 Å². The number of esters is 1. The zero-order chi connectivity index (χ0) is 20.8. The van der Waals surface area contributed by atoms with Crippen LogP contribution in [0.2, 0.25) is 0 Å². The quantitative estimate of drug-likeness (QED) is 0.580. The average molecular weight is 457 g/mol. The molecule has 30 heavy (non-hydrogen) atoms. The Hall–Kier alpha value is -1.77. The summed E-state index contributed by atoms with van der Waals surface area (Å²) in [5.41, 5.74) is 1.11. The molecule has 0 saturated carbocycles. The molecule has 2 aliphatic rings. The van der Waals surface area contributed by atoms with Gasteiger partial charge in [0.1, 0.15) is 12.1 Å². The Labute approximate surface area is 187 Å². The number of carboxylic acids is 1. The molecule has 7 nitrogen and oxygen atoms in total. The van der Waals surface area contributed by atoms with Crippen molar-refractivity contribution >= 4 is 42.0 Å². The molecule has 2 heterocycles. The number of fused-ring (bicyclic) bond motifs is 1. The summed E-state index contributed by atoms with van der Waals surface area (Å²) < 4.78 is 5.22. The van der Waals surface area contributed by atoms with Crippen molar-refractivity contribution < 1.29 is 24.2 Å². The molecule has 4 unspecified atom stereocenters. The van der Waals surface area contributed by atoms with Crippen LogP contribution in [0, 0.1) is 0 Å². The van der Waals surface area contributed by atoms with E-state index >= 15 is 0 Å². The molecule has 0 bridgehead atoms. The number of benzene rings is 1. The van der Waals surface area contributed by atoms with E-state index in [1.807, 2.05) is 30.3 Å². The Morgan fingerprint density at radius 2 is 2.03 bits per heavy atom. The number of ether oxygens (including phenoxy) is 1. The monoisotopic (exact) mass is 456 g/mol. The summed E-state index contributed by atoms with van der Waals surface area (Å²) in [5, 5.41) is 12.6. The summed E-state index contributed by atoms with van der Waals surface area (Å²) in [5.74, 6) is -1.16. The van der Waals surface area contributed by atoms with Crippen LogP contribution in [0.4, 0.5) is 0 Å². The third-order valence-corrected chi connectivity index (χ3v) is 6.77. The third kappa shape index (κ3) is 5.89. The second-order valence-corrected chi connectivity index (χ2v) is 8.58. The standard InChI is InChI=1S/C21H28N2O5S.ClH/c1-2-28-21(27)16(12-11-14-7-4-3-5-8-14)22-15-9-6-10-18-23(19(15)24)17(13-29-18)20(25)26;/h3-5,7-8,15-18,22H,2,6,9-13H2,1H3,(H,25,26);1H. The Morgan fingerprint density at radius 1 is 1.30 bits per heavy atom. The second kappa shape index (κ2) is 11.6. The van der Waals surface area contributed by atoms with Crippen LogP contribution in [0.1, 0.15) is 38.2 Å². The number of hydrogen-bond acceptors (Lipinski definition) is 6. The SMILES string of the molecule is CCOC(=O)C(CCc1ccccc1)NC1CCCC2SCC(C(=O)O)N2C1=O.Cl. The fourth-order valence-electron chi connectivity index (χ4n) is 3.94. The van der Waals surface area contributed by atoms with E-state index in [1.54, 1.807) is 6.92 Å². The lowest BCUT2D eigenvalue weighted by Gasteiger charge is -2.30. The molecule has 0 radical (unpaired) electrons. The van der Waals surface area contributed by atoms with Crippen molar-refractivity contribution in [3.63, 3.8) is 0 Å². The highest BCUT2D eigenvalue weighted by Crippen LogP contribution is 2.35. The van der Waals surface area contributed by atoms with E-state index in [-0.39, 0.29) is 36.3 Å². The number of carbonyl (C=O) groups is 3. The van der Waals surface area contributed by atoms with Gasteiger partial charge in [0.25, 0.3) is 0 Å². The molecule has 3 rings (SSSR count). The molecule has 0 aliphatic carbocycles. The molecule has 1 aromatic carbocycles. The minimum atomic E-state index is -0.972. The largest absolute Gasteiger partial charge is 0.480 e. The maximum Gasteiger partial charge on any atom is 0.327 e. The van der Waals surface area contributed by atoms with Gasteiger partial charge in [-0.2, -0.15) is 0 Å². The number of thioether (sulfide) groups is 1. The van der Waals surface area contributed by atoms with Gasteiger partial charge in [0.05, 0.1) is 18.0 Å². The number of halogens is 1. The van der Waals surface area contributed by atoms with Crippen LogP contribution in [0.5, 0.6) is 0 Å². The maximum absolute atomic E-state index is 13.2. The first-order valence-corrected chi connectivity index (χ1v) is 11.2. The van der Waals surface area contributed by atoms with Gasteiger partial charge >= 0.3 is 11.9 Å². The smallest absolute Gasteiger partial charge is 0.327 e. The molecular weight excluding hydrogens is 428 g/mol. The van der Waals surface area contributed by atoms with Crippen molar-refractivity contribution in [2.75, 3.05) is 12.4 Å². The number of nitrogens with one attached hydrogen (secondary N) is 1. The van der Waals surface area contributed by atoms with Crippen LogP contribution in [0.3, 0.4) is 0 Å². The van der Waals surface area contributed by atoms with Crippen molar-refractivity contribution in [3.05, 3.63) is 35.9 Å². The predicted molar refractivity (Wildman–Crippen MR) is 118 cm³/mol. The Balaban J connectivity index is 0.00000320. The van der Waals surface area contributed by atoms with Gasteiger partial charge in [0.2, 0.25) is 5.91 Å². The number of aryl methyl sites for hydroxylation is 1.